The molecule has 226 valence electrons. The molecule has 1 N–H and O–H groups in total. The second-order valence-electron chi connectivity index (χ2n) is 11.4. The summed E-state index contributed by atoms with van der Waals surface area (Å²) in [5, 5.41) is 4.04. The van der Waals surface area contributed by atoms with E-state index in [9.17, 15) is 18.0 Å². The molecule has 0 unspecified atom stereocenters. The lowest BCUT2D eigenvalue weighted by Gasteiger charge is -2.33. The third-order valence-corrected chi connectivity index (χ3v) is 8.47. The number of aryl methyl sites for hydroxylation is 1. The number of hydrogen-bond acceptors (Lipinski definition) is 6. The zero-order valence-corrected chi connectivity index (χ0v) is 24.1. The van der Waals surface area contributed by atoms with E-state index in [0.717, 1.165) is 74.1 Å². The minimum absolute atomic E-state index is 0.0222. The molecule has 0 spiro atoms. The fourth-order valence-corrected chi connectivity index (χ4v) is 6.02. The highest BCUT2D eigenvalue weighted by atomic mass is 19.4. The average Bonchev–Trinajstić information content (AvgIpc) is 3.34. The first-order valence-electron chi connectivity index (χ1n) is 14.8. The van der Waals surface area contributed by atoms with Gasteiger partial charge in [0.1, 0.15) is 17.4 Å². The Morgan fingerprint density at radius 3 is 2.44 bits per heavy atom. The van der Waals surface area contributed by atoms with Crippen LogP contribution in [-0.4, -0.2) is 54.1 Å². The largest absolute Gasteiger partial charge is 0.490 e. The van der Waals surface area contributed by atoms with Crippen LogP contribution in [0.3, 0.4) is 0 Å². The van der Waals surface area contributed by atoms with Crippen molar-refractivity contribution >= 4 is 22.6 Å². The van der Waals surface area contributed by atoms with Crippen molar-refractivity contribution in [1.29, 1.82) is 0 Å². The van der Waals surface area contributed by atoms with Crippen molar-refractivity contribution in [1.82, 2.24) is 15.2 Å². The Morgan fingerprint density at radius 1 is 1.02 bits per heavy atom. The zero-order valence-electron chi connectivity index (χ0n) is 24.1. The molecule has 4 aromatic rings. The number of nitrogens with one attached hydrogen (secondary N) is 1. The van der Waals surface area contributed by atoms with Gasteiger partial charge in [-0.05, 0) is 67.8 Å². The van der Waals surface area contributed by atoms with Crippen LogP contribution >= 0.6 is 0 Å². The number of halogens is 3. The number of carbonyl (C=O) groups is 1. The van der Waals surface area contributed by atoms with E-state index in [4.69, 9.17) is 9.15 Å². The van der Waals surface area contributed by atoms with Gasteiger partial charge >= 0.3 is 6.18 Å². The van der Waals surface area contributed by atoms with Gasteiger partial charge in [0.2, 0.25) is 0 Å². The van der Waals surface area contributed by atoms with Crippen LogP contribution in [0.5, 0.6) is 5.75 Å². The van der Waals surface area contributed by atoms with Crippen LogP contribution in [0.25, 0.3) is 11.0 Å². The molecule has 2 aliphatic heterocycles. The number of aromatic nitrogens is 1. The number of fused-ring (bicyclic) bond motifs is 1. The molecule has 43 heavy (non-hydrogen) atoms. The minimum Gasteiger partial charge on any atom is -0.490 e. The molecule has 2 aromatic carbocycles. The molecule has 0 saturated carbocycles. The van der Waals surface area contributed by atoms with E-state index in [1.165, 1.54) is 17.7 Å². The number of ether oxygens (including phenoxy) is 1. The number of amides is 1. The summed E-state index contributed by atoms with van der Waals surface area (Å²) < 4.78 is 50.9. The van der Waals surface area contributed by atoms with Gasteiger partial charge in [0.05, 0.1) is 5.56 Å². The zero-order chi connectivity index (χ0) is 30.0. The maximum absolute atomic E-state index is 13.2. The molecule has 6 rings (SSSR count). The molecule has 0 radical (unpaired) electrons. The van der Waals surface area contributed by atoms with Crippen molar-refractivity contribution in [3.05, 3.63) is 89.4 Å². The molecule has 2 saturated heterocycles. The summed E-state index contributed by atoms with van der Waals surface area (Å²) in [5.41, 5.74) is 2.73. The Morgan fingerprint density at radius 2 is 1.77 bits per heavy atom. The summed E-state index contributed by atoms with van der Waals surface area (Å²) in [7, 11) is 0. The van der Waals surface area contributed by atoms with Crippen LogP contribution in [0.1, 0.15) is 52.9 Å². The molecular weight excluding hydrogens is 557 g/mol. The molecule has 0 atom stereocenters. The van der Waals surface area contributed by atoms with Crippen molar-refractivity contribution < 1.29 is 27.1 Å². The van der Waals surface area contributed by atoms with Gasteiger partial charge in [0.15, 0.2) is 5.76 Å². The van der Waals surface area contributed by atoms with E-state index in [-0.39, 0.29) is 18.1 Å². The van der Waals surface area contributed by atoms with E-state index in [0.29, 0.717) is 30.2 Å². The van der Waals surface area contributed by atoms with E-state index >= 15 is 0 Å². The number of nitrogens with zero attached hydrogens (tertiary/aromatic N) is 3. The van der Waals surface area contributed by atoms with Crippen molar-refractivity contribution in [2.75, 3.05) is 31.1 Å². The predicted octanol–water partition coefficient (Wildman–Crippen LogP) is 6.60. The molecule has 0 bridgehead atoms. The van der Waals surface area contributed by atoms with Crippen molar-refractivity contribution in [2.24, 2.45) is 0 Å². The third-order valence-electron chi connectivity index (χ3n) is 8.47. The van der Waals surface area contributed by atoms with Gasteiger partial charge in [-0.1, -0.05) is 6.07 Å². The summed E-state index contributed by atoms with van der Waals surface area (Å²) in [6, 6.07) is 15.1. The second-order valence-corrected chi connectivity index (χ2v) is 11.4. The molecule has 10 heteroatoms. The number of pyridine rings is 1. The number of rotatable bonds is 7. The molecule has 7 nitrogen and oxygen atoms in total. The standard InChI is InChI=1S/C33H35F3N4O3/c1-22-29-9-8-28(42-27-12-17-40(18-13-27)26-6-4-24(5-7-26)33(34,35)36)19-30(29)43-31(22)32(41)38-25-10-15-39(16-11-25)21-23-3-2-14-37-20-23/h2-9,14,19-20,25,27H,10-13,15-18,21H2,1H3,(H,38,41). The molecule has 4 heterocycles. The van der Waals surface area contributed by atoms with Crippen LogP contribution in [0, 0.1) is 6.92 Å². The molecular formula is C33H35F3N4O3. The van der Waals surface area contributed by atoms with Gasteiger partial charge in [-0.2, -0.15) is 13.2 Å². The van der Waals surface area contributed by atoms with Gasteiger partial charge in [-0.15, -0.1) is 0 Å². The fourth-order valence-electron chi connectivity index (χ4n) is 6.02. The lowest BCUT2D eigenvalue weighted by atomic mass is 10.0. The van der Waals surface area contributed by atoms with Crippen LogP contribution in [0.2, 0.25) is 0 Å². The summed E-state index contributed by atoms with van der Waals surface area (Å²) in [6.07, 6.45) is 2.55. The normalized spacial score (nSPS) is 17.3. The monoisotopic (exact) mass is 592 g/mol. The van der Waals surface area contributed by atoms with Gasteiger partial charge in [-0.3, -0.25) is 14.7 Å². The molecule has 2 fully saturated rings. The van der Waals surface area contributed by atoms with Gasteiger partial charge in [0.25, 0.3) is 5.91 Å². The topological polar surface area (TPSA) is 70.8 Å². The van der Waals surface area contributed by atoms with E-state index < -0.39 is 11.7 Å². The number of likely N-dealkylation sites (tertiary alicyclic amines) is 1. The van der Waals surface area contributed by atoms with Crippen molar-refractivity contribution in [2.45, 2.75) is 57.5 Å². The number of furan rings is 1. The van der Waals surface area contributed by atoms with Gasteiger partial charge in [0, 0.05) is 86.7 Å². The number of hydrogen-bond donors (Lipinski definition) is 1. The maximum Gasteiger partial charge on any atom is 0.416 e. The lowest BCUT2D eigenvalue weighted by molar-refractivity contribution is -0.137. The Bertz CT molecular complexity index is 1540. The van der Waals surface area contributed by atoms with Crippen molar-refractivity contribution in [3.8, 4) is 5.75 Å². The summed E-state index contributed by atoms with van der Waals surface area (Å²) >= 11 is 0. The number of carbonyl (C=O) groups excluding carboxylic acids is 1. The quantitative estimate of drug-likeness (QED) is 0.261. The highest BCUT2D eigenvalue weighted by molar-refractivity contribution is 5.99. The molecule has 2 aromatic heterocycles. The number of piperidine rings is 2. The van der Waals surface area contributed by atoms with Gasteiger partial charge in [-0.25, -0.2) is 0 Å². The first kappa shape index (κ1) is 29.0. The van der Waals surface area contributed by atoms with E-state index in [2.05, 4.69) is 26.2 Å². The first-order valence-corrected chi connectivity index (χ1v) is 14.8. The van der Waals surface area contributed by atoms with Gasteiger partial charge < -0.3 is 19.4 Å². The Labute approximate surface area is 248 Å². The highest BCUT2D eigenvalue weighted by Crippen LogP contribution is 2.33. The molecule has 1 amide bonds. The molecule has 2 aliphatic rings. The summed E-state index contributed by atoms with van der Waals surface area (Å²) in [4.78, 5) is 21.8. The second kappa shape index (κ2) is 12.3. The number of alkyl halides is 3. The minimum atomic E-state index is -4.34. The Balaban J connectivity index is 1.02. The first-order chi connectivity index (χ1) is 20.7. The number of anilines is 1. The third kappa shape index (κ3) is 6.80. The maximum atomic E-state index is 13.2. The van der Waals surface area contributed by atoms with Crippen molar-refractivity contribution in [3.63, 3.8) is 0 Å². The van der Waals surface area contributed by atoms with E-state index in [1.54, 1.807) is 6.20 Å². The Kier molecular flexibility index (Phi) is 8.30. The number of benzene rings is 2. The highest BCUT2D eigenvalue weighted by Gasteiger charge is 2.31. The van der Waals surface area contributed by atoms with Crippen LogP contribution in [-0.2, 0) is 12.7 Å². The smallest absolute Gasteiger partial charge is 0.416 e. The van der Waals surface area contributed by atoms with Crippen LogP contribution < -0.4 is 15.0 Å². The SMILES string of the molecule is Cc1c(C(=O)NC2CCN(Cc3cccnc3)CC2)oc2cc(OC3CCN(c4ccc(C(F)(F)F)cc4)CC3)ccc12. The van der Waals surface area contributed by atoms with Crippen LogP contribution in [0.15, 0.2) is 71.4 Å². The Hall–Kier alpha value is -4.05. The molecule has 0 aliphatic carbocycles. The predicted molar refractivity (Wildman–Crippen MR) is 158 cm³/mol. The summed E-state index contributed by atoms with van der Waals surface area (Å²) in [6.45, 7) is 5.94. The lowest BCUT2D eigenvalue weighted by Crippen LogP contribution is -2.44. The van der Waals surface area contributed by atoms with E-state index in [1.807, 2.05) is 37.4 Å². The van der Waals surface area contributed by atoms with Crippen LogP contribution in [0.4, 0.5) is 18.9 Å². The fraction of sp³-hybridized carbons (Fsp3) is 0.394. The average molecular weight is 593 g/mol. The summed E-state index contributed by atoms with van der Waals surface area (Å²) in [5.74, 6) is 0.800.